The highest BCUT2D eigenvalue weighted by molar-refractivity contribution is 5.75. The molecule has 0 amide bonds. The molecular formula is C23H48N5O6-3. The summed E-state index contributed by atoms with van der Waals surface area (Å²) in [5.74, 6) is -3.04. The first-order chi connectivity index (χ1) is 16.0. The van der Waals surface area contributed by atoms with Crippen LogP contribution in [0.2, 0.25) is 0 Å². The van der Waals surface area contributed by atoms with Crippen LogP contribution in [0.15, 0.2) is 4.99 Å². The molecule has 0 aliphatic carbocycles. The number of aliphatic carboxylic acids is 3. The van der Waals surface area contributed by atoms with Crippen molar-refractivity contribution in [3.63, 3.8) is 0 Å². The highest BCUT2D eigenvalue weighted by Crippen LogP contribution is 2.06. The molecule has 204 valence electrons. The van der Waals surface area contributed by atoms with Crippen molar-refractivity contribution in [3.8, 4) is 0 Å². The van der Waals surface area contributed by atoms with Crippen LogP contribution < -0.4 is 37.8 Å². The Labute approximate surface area is 205 Å². The molecule has 0 unspecified atom stereocenters. The molecule has 0 radical (unpaired) electrons. The predicted molar refractivity (Wildman–Crippen MR) is 130 cm³/mol. The number of nitrogens with two attached hydrogens (primary N) is 3. The lowest BCUT2D eigenvalue weighted by Gasteiger charge is -2.05. The summed E-state index contributed by atoms with van der Waals surface area (Å²) in [5.41, 5.74) is 16.0. The van der Waals surface area contributed by atoms with Gasteiger partial charge in [0, 0.05) is 24.5 Å². The summed E-state index contributed by atoms with van der Waals surface area (Å²) in [6, 6.07) is 0. The molecule has 34 heavy (non-hydrogen) atoms. The molecule has 11 heteroatoms. The van der Waals surface area contributed by atoms with E-state index in [0.29, 0.717) is 0 Å². The predicted octanol–water partition coefficient (Wildman–Crippen LogP) is -1.24. The lowest BCUT2D eigenvalue weighted by Crippen LogP contribution is -2.22. The van der Waals surface area contributed by atoms with E-state index in [1.807, 2.05) is 0 Å². The van der Waals surface area contributed by atoms with Crippen LogP contribution in [-0.2, 0) is 14.4 Å². The minimum absolute atomic E-state index is 0.210. The van der Waals surface area contributed by atoms with Gasteiger partial charge in [0.25, 0.3) is 0 Å². The van der Waals surface area contributed by atoms with Gasteiger partial charge in [0.2, 0.25) is 0 Å². The van der Waals surface area contributed by atoms with Crippen molar-refractivity contribution in [2.45, 2.75) is 97.8 Å². The minimum atomic E-state index is -1.08. The Morgan fingerprint density at radius 1 is 0.618 bits per heavy atom. The molecule has 0 heterocycles. The summed E-state index contributed by atoms with van der Waals surface area (Å²) < 4.78 is 0. The van der Waals surface area contributed by atoms with Gasteiger partial charge in [0.1, 0.15) is 0 Å². The van der Waals surface area contributed by atoms with Crippen LogP contribution in [0.4, 0.5) is 0 Å². The fraction of sp³-hybridized carbons (Fsp3) is 0.826. The molecular weight excluding hydrogens is 442 g/mol. The number of rotatable bonds is 17. The first-order valence-corrected chi connectivity index (χ1v) is 12.0. The third kappa shape index (κ3) is 87.9. The van der Waals surface area contributed by atoms with E-state index in [2.05, 4.69) is 10.3 Å². The Morgan fingerprint density at radius 2 is 0.912 bits per heavy atom. The van der Waals surface area contributed by atoms with E-state index < -0.39 is 17.9 Å². The smallest absolute Gasteiger partial charge is 0.185 e. The van der Waals surface area contributed by atoms with Crippen molar-refractivity contribution in [2.24, 2.45) is 22.2 Å². The molecule has 0 rings (SSSR count). The van der Waals surface area contributed by atoms with Gasteiger partial charge in [-0.2, -0.15) is 0 Å². The second-order valence-corrected chi connectivity index (χ2v) is 7.56. The Balaban J connectivity index is -0.000000307. The van der Waals surface area contributed by atoms with Crippen LogP contribution in [0.25, 0.3) is 0 Å². The number of nitrogens with zero attached hydrogens (tertiary/aromatic N) is 1. The van der Waals surface area contributed by atoms with Crippen molar-refractivity contribution >= 4 is 23.9 Å². The van der Waals surface area contributed by atoms with Gasteiger partial charge in [0.05, 0.1) is 0 Å². The molecule has 0 saturated carbocycles. The second-order valence-electron chi connectivity index (χ2n) is 7.56. The summed E-state index contributed by atoms with van der Waals surface area (Å²) in [6.45, 7) is 6.88. The maximum absolute atomic E-state index is 8.89. The molecule has 0 atom stereocenters. The molecule has 0 spiro atoms. The van der Waals surface area contributed by atoms with E-state index in [9.17, 15) is 0 Å². The van der Waals surface area contributed by atoms with Crippen LogP contribution in [0, 0.1) is 0 Å². The van der Waals surface area contributed by atoms with Crippen LogP contribution in [-0.4, -0.2) is 50.0 Å². The number of carbonyl (C=O) groups excluding carboxylic acids is 3. The largest absolute Gasteiger partial charge is 0.550 e. The number of hydrogen-bond donors (Lipinski definition) is 4. The Morgan fingerprint density at radius 3 is 1.24 bits per heavy atom. The van der Waals surface area contributed by atoms with Crippen LogP contribution in [0.5, 0.6) is 0 Å². The van der Waals surface area contributed by atoms with E-state index >= 15 is 0 Å². The van der Waals surface area contributed by atoms with Crippen molar-refractivity contribution in [2.75, 3.05) is 26.2 Å². The van der Waals surface area contributed by atoms with Gasteiger partial charge in [-0.3, -0.25) is 4.99 Å². The van der Waals surface area contributed by atoms with Crippen LogP contribution in [0.3, 0.4) is 0 Å². The third-order valence-electron chi connectivity index (χ3n) is 3.86. The zero-order chi connectivity index (χ0) is 27.0. The molecule has 7 N–H and O–H groups in total. The minimum Gasteiger partial charge on any atom is -0.550 e. The van der Waals surface area contributed by atoms with E-state index in [1.165, 1.54) is 83.7 Å². The zero-order valence-corrected chi connectivity index (χ0v) is 21.4. The number of hydrogen-bond acceptors (Lipinski definition) is 9. The average molecular weight is 491 g/mol. The van der Waals surface area contributed by atoms with Crippen LogP contribution >= 0.6 is 0 Å². The maximum Gasteiger partial charge on any atom is 0.185 e. The van der Waals surface area contributed by atoms with Gasteiger partial charge in [-0.05, 0) is 66.1 Å². The fourth-order valence-corrected chi connectivity index (χ4v) is 2.50. The van der Waals surface area contributed by atoms with E-state index in [4.69, 9.17) is 46.9 Å². The van der Waals surface area contributed by atoms with Gasteiger partial charge in [-0.25, -0.2) is 0 Å². The standard InChI is InChI=1S/C17H39N5.3C2H4O2/c18-13-9-5-1-2-6-10-14-21-15-11-7-3-4-8-12-16-22-17(19)20;3*1-2(3)4/h21H,1-16,18H2,(H4,19,20,22);3*1H3,(H,3,4)/p-3. The normalized spacial score (nSPS) is 9.18. The summed E-state index contributed by atoms with van der Waals surface area (Å²) >= 11 is 0. The molecule has 0 aromatic heterocycles. The monoisotopic (exact) mass is 490 g/mol. The molecule has 0 aliphatic rings. The fourth-order valence-electron chi connectivity index (χ4n) is 2.50. The number of nitrogens with one attached hydrogen (secondary N) is 1. The highest BCUT2D eigenvalue weighted by atomic mass is 16.4. The van der Waals surface area contributed by atoms with E-state index in [0.717, 1.165) is 40.3 Å². The Kier molecular flexibility index (Phi) is 40.2. The van der Waals surface area contributed by atoms with Gasteiger partial charge in [-0.1, -0.05) is 51.4 Å². The van der Waals surface area contributed by atoms with E-state index in [-0.39, 0.29) is 5.96 Å². The topological polar surface area (TPSA) is 223 Å². The van der Waals surface area contributed by atoms with Gasteiger partial charge in [-0.15, -0.1) is 0 Å². The average Bonchev–Trinajstić information content (AvgIpc) is 2.69. The number of guanidine groups is 1. The number of aliphatic imine (C=N–C) groups is 1. The summed E-state index contributed by atoms with van der Waals surface area (Å²) in [7, 11) is 0. The summed E-state index contributed by atoms with van der Waals surface area (Å²) in [6.07, 6.45) is 15.4. The second kappa shape index (κ2) is 35.2. The van der Waals surface area contributed by atoms with Crippen molar-refractivity contribution in [3.05, 3.63) is 0 Å². The highest BCUT2D eigenvalue weighted by Gasteiger charge is 1.93. The first-order valence-electron chi connectivity index (χ1n) is 12.0. The number of carboxylic acid groups (broad SMARTS) is 3. The molecule has 0 aromatic carbocycles. The summed E-state index contributed by atoms with van der Waals surface area (Å²) in [4.78, 5) is 30.7. The number of carbonyl (C=O) groups is 3. The molecule has 0 bridgehead atoms. The molecule has 0 aliphatic heterocycles. The van der Waals surface area contributed by atoms with Crippen LogP contribution in [0.1, 0.15) is 97.8 Å². The van der Waals surface area contributed by atoms with Gasteiger partial charge in [0.15, 0.2) is 5.96 Å². The number of carboxylic acids is 3. The molecule has 11 nitrogen and oxygen atoms in total. The van der Waals surface area contributed by atoms with Gasteiger partial charge >= 0.3 is 0 Å². The van der Waals surface area contributed by atoms with Crippen molar-refractivity contribution < 1.29 is 29.7 Å². The molecule has 0 saturated heterocycles. The maximum atomic E-state index is 8.89. The molecule has 0 aromatic rings. The lowest BCUT2D eigenvalue weighted by atomic mass is 10.1. The quantitative estimate of drug-likeness (QED) is 0.108. The molecule has 0 fully saturated rings. The van der Waals surface area contributed by atoms with E-state index in [1.54, 1.807) is 0 Å². The zero-order valence-electron chi connectivity index (χ0n) is 21.4. The summed E-state index contributed by atoms with van der Waals surface area (Å²) in [5, 5.41) is 30.2. The lowest BCUT2D eigenvalue weighted by molar-refractivity contribution is -0.303. The third-order valence-corrected chi connectivity index (χ3v) is 3.86. The SMILES string of the molecule is CC(=O)[O-].CC(=O)[O-].CC(=O)[O-].NCCCCCCCCNCCCCCCCCN=C(N)N. The number of unbranched alkanes of at least 4 members (excludes halogenated alkanes) is 10. The van der Waals surface area contributed by atoms with Crippen molar-refractivity contribution in [1.29, 1.82) is 0 Å². The Hall–Kier alpha value is -2.40. The van der Waals surface area contributed by atoms with Gasteiger partial charge < -0.3 is 52.2 Å². The Bertz CT molecular complexity index is 446. The first kappa shape index (κ1) is 38.8. The van der Waals surface area contributed by atoms with Crippen molar-refractivity contribution in [1.82, 2.24) is 5.32 Å².